The average Bonchev–Trinajstić information content (AvgIpc) is 2.13. The number of nitrogens with zero attached hydrogens (tertiary/aromatic N) is 1. The van der Waals surface area contributed by atoms with Gasteiger partial charge in [-0.3, -0.25) is 14.6 Å². The van der Waals surface area contributed by atoms with Crippen LogP contribution in [0.4, 0.5) is 0 Å². The van der Waals surface area contributed by atoms with E-state index in [9.17, 15) is 14.4 Å². The zero-order valence-corrected chi connectivity index (χ0v) is 10.1. The van der Waals surface area contributed by atoms with Crippen molar-refractivity contribution in [3.05, 3.63) is 33.1 Å². The average molecular weight is 240 g/mol. The fourth-order valence-electron chi connectivity index (χ4n) is 1.22. The Kier molecular flexibility index (Phi) is 3.88. The number of aromatic amines is 1. The molecule has 0 saturated carbocycles. The second-order valence-corrected chi connectivity index (χ2v) is 4.64. The van der Waals surface area contributed by atoms with Gasteiger partial charge in [0, 0.05) is 18.8 Å². The molecule has 6 nitrogen and oxygen atoms in total. The second-order valence-electron chi connectivity index (χ2n) is 4.64. The Morgan fingerprint density at radius 2 is 2.06 bits per heavy atom. The van der Waals surface area contributed by atoms with E-state index in [1.54, 1.807) is 20.8 Å². The first-order valence-electron chi connectivity index (χ1n) is 5.29. The van der Waals surface area contributed by atoms with Crippen molar-refractivity contribution in [1.29, 1.82) is 0 Å². The Morgan fingerprint density at radius 3 is 2.59 bits per heavy atom. The van der Waals surface area contributed by atoms with Gasteiger partial charge in [0.2, 0.25) is 0 Å². The number of hydrogen-bond acceptors (Lipinski definition) is 4. The summed E-state index contributed by atoms with van der Waals surface area (Å²) >= 11 is 0. The van der Waals surface area contributed by atoms with Gasteiger partial charge in [-0.25, -0.2) is 4.79 Å². The highest BCUT2D eigenvalue weighted by atomic mass is 16.6. The molecule has 0 fully saturated rings. The summed E-state index contributed by atoms with van der Waals surface area (Å²) in [5.74, 6) is -0.379. The zero-order chi connectivity index (χ0) is 13.1. The van der Waals surface area contributed by atoms with Crippen molar-refractivity contribution in [3.8, 4) is 0 Å². The van der Waals surface area contributed by atoms with Crippen molar-refractivity contribution in [2.24, 2.45) is 0 Å². The van der Waals surface area contributed by atoms with Gasteiger partial charge < -0.3 is 9.30 Å². The van der Waals surface area contributed by atoms with Crippen LogP contribution in [0.25, 0.3) is 0 Å². The van der Waals surface area contributed by atoms with E-state index in [4.69, 9.17) is 4.74 Å². The van der Waals surface area contributed by atoms with Crippen LogP contribution in [-0.4, -0.2) is 21.1 Å². The molecule has 0 unspecified atom stereocenters. The lowest BCUT2D eigenvalue weighted by molar-refractivity contribution is -0.155. The largest absolute Gasteiger partial charge is 0.460 e. The highest BCUT2D eigenvalue weighted by Gasteiger charge is 2.15. The Labute approximate surface area is 98.2 Å². The van der Waals surface area contributed by atoms with E-state index >= 15 is 0 Å². The van der Waals surface area contributed by atoms with Crippen molar-refractivity contribution >= 4 is 5.97 Å². The third kappa shape index (κ3) is 4.67. The molecular formula is C11H16N2O4. The molecular weight excluding hydrogens is 224 g/mol. The summed E-state index contributed by atoms with van der Waals surface area (Å²) in [7, 11) is 0. The number of ether oxygens (including phenoxy) is 1. The smallest absolute Gasteiger partial charge is 0.328 e. The third-order valence-corrected chi connectivity index (χ3v) is 1.87. The summed E-state index contributed by atoms with van der Waals surface area (Å²) in [5, 5.41) is 0. The molecule has 1 aromatic heterocycles. The maximum atomic E-state index is 11.4. The van der Waals surface area contributed by atoms with E-state index in [0.717, 1.165) is 0 Å². The number of hydrogen-bond donors (Lipinski definition) is 1. The molecule has 1 rings (SSSR count). The van der Waals surface area contributed by atoms with Crippen LogP contribution < -0.4 is 11.2 Å². The molecule has 6 heteroatoms. The molecule has 17 heavy (non-hydrogen) atoms. The molecule has 0 amide bonds. The van der Waals surface area contributed by atoms with E-state index < -0.39 is 16.9 Å². The van der Waals surface area contributed by atoms with Gasteiger partial charge in [0.15, 0.2) is 0 Å². The number of carbonyl (C=O) groups is 1. The first-order valence-corrected chi connectivity index (χ1v) is 5.29. The molecule has 0 aromatic carbocycles. The normalized spacial score (nSPS) is 11.2. The SMILES string of the molecule is CC(C)(C)OC(=O)CCn1ccc(=O)[nH]c1=O. The van der Waals surface area contributed by atoms with Crippen molar-refractivity contribution < 1.29 is 9.53 Å². The van der Waals surface area contributed by atoms with Crippen molar-refractivity contribution in [3.63, 3.8) is 0 Å². The van der Waals surface area contributed by atoms with Crippen molar-refractivity contribution in [2.75, 3.05) is 0 Å². The van der Waals surface area contributed by atoms with Gasteiger partial charge >= 0.3 is 11.7 Å². The lowest BCUT2D eigenvalue weighted by Crippen LogP contribution is -2.30. The molecule has 0 saturated heterocycles. The summed E-state index contributed by atoms with van der Waals surface area (Å²) in [6.07, 6.45) is 1.44. The molecule has 0 aliphatic heterocycles. The van der Waals surface area contributed by atoms with E-state index in [0.29, 0.717) is 0 Å². The molecule has 0 spiro atoms. The molecule has 0 bridgehead atoms. The predicted molar refractivity (Wildman–Crippen MR) is 61.8 cm³/mol. The first-order chi connectivity index (χ1) is 7.78. The van der Waals surface area contributed by atoms with E-state index in [2.05, 4.69) is 4.98 Å². The van der Waals surface area contributed by atoms with Crippen LogP contribution in [0, 0.1) is 0 Å². The van der Waals surface area contributed by atoms with Gasteiger partial charge in [-0.05, 0) is 20.8 Å². The fourth-order valence-corrected chi connectivity index (χ4v) is 1.22. The van der Waals surface area contributed by atoms with Crippen LogP contribution in [0.15, 0.2) is 21.9 Å². The van der Waals surface area contributed by atoms with Crippen LogP contribution >= 0.6 is 0 Å². The quantitative estimate of drug-likeness (QED) is 0.769. The Morgan fingerprint density at radius 1 is 1.41 bits per heavy atom. The molecule has 0 aliphatic carbocycles. The van der Waals surface area contributed by atoms with E-state index in [1.807, 2.05) is 0 Å². The number of carbonyl (C=O) groups excluding carboxylic acids is 1. The highest BCUT2D eigenvalue weighted by Crippen LogP contribution is 2.08. The van der Waals surface area contributed by atoms with Crippen molar-refractivity contribution in [2.45, 2.75) is 39.3 Å². The Hall–Kier alpha value is -1.85. The third-order valence-electron chi connectivity index (χ3n) is 1.87. The van der Waals surface area contributed by atoms with Crippen LogP contribution in [0.2, 0.25) is 0 Å². The van der Waals surface area contributed by atoms with Gasteiger partial charge in [-0.15, -0.1) is 0 Å². The lowest BCUT2D eigenvalue weighted by Gasteiger charge is -2.19. The number of nitrogens with one attached hydrogen (secondary N) is 1. The Bertz CT molecular complexity index is 507. The molecule has 1 heterocycles. The molecule has 1 aromatic rings. The minimum atomic E-state index is -0.535. The molecule has 0 radical (unpaired) electrons. The number of aromatic nitrogens is 2. The summed E-state index contributed by atoms with van der Waals surface area (Å²) in [4.78, 5) is 35.6. The number of esters is 1. The summed E-state index contributed by atoms with van der Waals surface area (Å²) in [6.45, 7) is 5.51. The van der Waals surface area contributed by atoms with Gasteiger partial charge in [0.1, 0.15) is 5.60 Å². The number of rotatable bonds is 3. The van der Waals surface area contributed by atoms with Gasteiger partial charge in [0.25, 0.3) is 5.56 Å². The monoisotopic (exact) mass is 240 g/mol. The summed E-state index contributed by atoms with van der Waals surface area (Å²) in [5.41, 5.74) is -1.52. The maximum Gasteiger partial charge on any atom is 0.328 e. The van der Waals surface area contributed by atoms with Gasteiger partial charge in [-0.1, -0.05) is 0 Å². The minimum absolute atomic E-state index is 0.0865. The fraction of sp³-hybridized carbons (Fsp3) is 0.545. The summed E-state index contributed by atoms with van der Waals surface area (Å²) in [6, 6.07) is 1.23. The molecule has 0 atom stereocenters. The van der Waals surface area contributed by atoms with Gasteiger partial charge in [-0.2, -0.15) is 0 Å². The van der Waals surface area contributed by atoms with E-state index in [1.165, 1.54) is 16.8 Å². The zero-order valence-electron chi connectivity index (χ0n) is 10.1. The molecule has 0 aliphatic rings. The highest BCUT2D eigenvalue weighted by molar-refractivity contribution is 5.69. The summed E-state index contributed by atoms with van der Waals surface area (Å²) < 4.78 is 6.35. The maximum absolute atomic E-state index is 11.4. The lowest BCUT2D eigenvalue weighted by atomic mass is 10.2. The minimum Gasteiger partial charge on any atom is -0.460 e. The molecule has 1 N–H and O–H groups in total. The number of H-pyrrole nitrogens is 1. The second kappa shape index (κ2) is 4.99. The Balaban J connectivity index is 2.59. The van der Waals surface area contributed by atoms with Crippen LogP contribution in [0.5, 0.6) is 0 Å². The standard InChI is InChI=1S/C11H16N2O4/c1-11(2,3)17-9(15)5-7-13-6-4-8(14)12-10(13)16/h4,6H,5,7H2,1-3H3,(H,12,14,16). The predicted octanol–water partition coefficient (Wildman–Crippen LogP) is 0.268. The van der Waals surface area contributed by atoms with Crippen LogP contribution in [0.3, 0.4) is 0 Å². The van der Waals surface area contributed by atoms with Crippen molar-refractivity contribution in [1.82, 2.24) is 9.55 Å². The van der Waals surface area contributed by atoms with Crippen LogP contribution in [0.1, 0.15) is 27.2 Å². The van der Waals surface area contributed by atoms with Gasteiger partial charge in [0.05, 0.1) is 6.42 Å². The van der Waals surface area contributed by atoms with Crippen LogP contribution in [-0.2, 0) is 16.1 Å². The van der Waals surface area contributed by atoms with E-state index in [-0.39, 0.29) is 18.9 Å². The first kappa shape index (κ1) is 13.2. The molecule has 94 valence electrons. The number of aryl methyl sites for hydroxylation is 1. The topological polar surface area (TPSA) is 81.2 Å².